The van der Waals surface area contributed by atoms with Crippen molar-refractivity contribution in [3.63, 3.8) is 0 Å². The van der Waals surface area contributed by atoms with Crippen LogP contribution in [-0.4, -0.2) is 36.4 Å². The van der Waals surface area contributed by atoms with Crippen molar-refractivity contribution in [3.8, 4) is 0 Å². The summed E-state index contributed by atoms with van der Waals surface area (Å²) in [5.41, 5.74) is 0.323. The molecule has 176 valence electrons. The first-order chi connectivity index (χ1) is 14.9. The number of hydrogen-bond donors (Lipinski definition) is 1. The second-order valence-electron chi connectivity index (χ2n) is 12.3. The number of aliphatic hydroxyl groups is 1. The van der Waals surface area contributed by atoms with Crippen LogP contribution in [0.5, 0.6) is 0 Å². The Balaban J connectivity index is 1.54. The maximum absolute atomic E-state index is 12.7. The molecule has 2 saturated carbocycles. The van der Waals surface area contributed by atoms with Crippen molar-refractivity contribution in [2.45, 2.75) is 79.1 Å². The lowest BCUT2D eigenvalue weighted by atomic mass is 9.38. The third kappa shape index (κ3) is 2.58. The van der Waals surface area contributed by atoms with E-state index in [2.05, 4.69) is 46.8 Å². The van der Waals surface area contributed by atoms with Gasteiger partial charge in [-0.15, -0.1) is 0 Å². The molecule has 4 aliphatic carbocycles. The summed E-state index contributed by atoms with van der Waals surface area (Å²) in [5.74, 6) is 0.705. The van der Waals surface area contributed by atoms with E-state index in [4.69, 9.17) is 9.47 Å². The molecule has 0 spiro atoms. The zero-order chi connectivity index (χ0) is 23.3. The summed E-state index contributed by atoms with van der Waals surface area (Å²) >= 11 is 0. The van der Waals surface area contributed by atoms with Gasteiger partial charge in [0.25, 0.3) is 0 Å². The van der Waals surface area contributed by atoms with E-state index in [-0.39, 0.29) is 51.7 Å². The van der Waals surface area contributed by atoms with Gasteiger partial charge in [0.05, 0.1) is 12.5 Å². The second kappa shape index (κ2) is 6.79. The van der Waals surface area contributed by atoms with Crippen molar-refractivity contribution in [1.29, 1.82) is 0 Å². The summed E-state index contributed by atoms with van der Waals surface area (Å²) in [6.07, 6.45) is 9.31. The van der Waals surface area contributed by atoms with Crippen LogP contribution < -0.4 is 0 Å². The molecular weight excluding hydrogens is 404 g/mol. The van der Waals surface area contributed by atoms with Crippen LogP contribution in [-0.2, 0) is 19.1 Å². The maximum Gasteiger partial charge on any atom is 0.308 e. The van der Waals surface area contributed by atoms with Gasteiger partial charge in [0.1, 0.15) is 0 Å². The van der Waals surface area contributed by atoms with Crippen LogP contribution >= 0.6 is 0 Å². The minimum Gasteiger partial charge on any atom is -0.435 e. The lowest BCUT2D eigenvalue weighted by Crippen LogP contribution is -2.63. The van der Waals surface area contributed by atoms with Crippen molar-refractivity contribution < 1.29 is 24.2 Å². The minimum absolute atomic E-state index is 0.0431. The fourth-order valence-electron chi connectivity index (χ4n) is 9.06. The van der Waals surface area contributed by atoms with Gasteiger partial charge < -0.3 is 14.6 Å². The number of carbonyl (C=O) groups is 2. The minimum atomic E-state index is -0.492. The van der Waals surface area contributed by atoms with Gasteiger partial charge >= 0.3 is 5.97 Å². The number of aliphatic hydroxyl groups excluding tert-OH is 1. The number of ether oxygens (including phenoxy) is 2. The highest BCUT2D eigenvalue weighted by Crippen LogP contribution is 2.72. The second-order valence-corrected chi connectivity index (χ2v) is 12.3. The van der Waals surface area contributed by atoms with Crippen molar-refractivity contribution in [2.75, 3.05) is 7.11 Å². The molecule has 0 aromatic rings. The smallest absolute Gasteiger partial charge is 0.308 e. The van der Waals surface area contributed by atoms with E-state index in [1.54, 1.807) is 13.2 Å². The topological polar surface area (TPSA) is 72.8 Å². The zero-order valence-corrected chi connectivity index (χ0v) is 20.3. The van der Waals surface area contributed by atoms with E-state index >= 15 is 0 Å². The monoisotopic (exact) mass is 442 g/mol. The quantitative estimate of drug-likeness (QED) is 0.505. The fraction of sp³-hybridized carbons (Fsp3) is 0.778. The highest BCUT2D eigenvalue weighted by Gasteiger charge is 2.68. The molecule has 0 amide bonds. The Labute approximate surface area is 191 Å². The standard InChI is InChI=1S/C27H38O5/c1-24(2)19-14-21(29)27(5)17-8-7-16(15-13-22(30)32-23(15)31-6)25(17,3)11-9-18(27)26(19,4)12-10-20(24)28/h8,10,12,15-16,18-19,21,23,29H,7,9,11,13-14H2,1-6H3/t15-,16-,18+,19-,21?,23-,25-,26+,27-/m0/s1. The molecule has 1 aliphatic heterocycles. The SMILES string of the molecule is CO[C@H]1OC(=O)C[C@H]1[C@@H]1CC=C2[C@@]1(C)CC[C@@H]1[C@@]3(C)C=CC(=O)C(C)(C)[C@@H]3CC(O)[C@@]21C. The largest absolute Gasteiger partial charge is 0.435 e. The summed E-state index contributed by atoms with van der Waals surface area (Å²) in [4.78, 5) is 24.8. The van der Waals surface area contributed by atoms with E-state index in [0.29, 0.717) is 12.8 Å². The average molecular weight is 443 g/mol. The zero-order valence-electron chi connectivity index (χ0n) is 20.3. The lowest BCUT2D eigenvalue weighted by Gasteiger charge is -2.66. The molecule has 5 rings (SSSR count). The highest BCUT2D eigenvalue weighted by atomic mass is 16.7. The van der Waals surface area contributed by atoms with Crippen LogP contribution in [0.25, 0.3) is 0 Å². The number of hydrogen-bond acceptors (Lipinski definition) is 5. The number of ketones is 1. The Morgan fingerprint density at radius 2 is 1.84 bits per heavy atom. The van der Waals surface area contributed by atoms with Crippen molar-refractivity contribution >= 4 is 11.8 Å². The average Bonchev–Trinajstić information content (AvgIpc) is 3.27. The maximum atomic E-state index is 12.7. The predicted molar refractivity (Wildman–Crippen MR) is 120 cm³/mol. The van der Waals surface area contributed by atoms with Crippen LogP contribution in [0.3, 0.4) is 0 Å². The van der Waals surface area contributed by atoms with Gasteiger partial charge in [0.2, 0.25) is 6.29 Å². The molecule has 0 aromatic carbocycles. The first-order valence-corrected chi connectivity index (χ1v) is 12.3. The number of allylic oxidation sites excluding steroid dienone is 3. The van der Waals surface area contributed by atoms with Crippen LogP contribution in [0.15, 0.2) is 23.8 Å². The number of rotatable bonds is 2. The Morgan fingerprint density at radius 3 is 2.53 bits per heavy atom. The lowest BCUT2D eigenvalue weighted by molar-refractivity contribution is -0.172. The Bertz CT molecular complexity index is 917. The van der Waals surface area contributed by atoms with Crippen LogP contribution in [0.4, 0.5) is 0 Å². The Hall–Kier alpha value is -1.46. The van der Waals surface area contributed by atoms with Gasteiger partial charge in [0, 0.05) is 23.9 Å². The van der Waals surface area contributed by atoms with Gasteiger partial charge in [0.15, 0.2) is 5.78 Å². The van der Waals surface area contributed by atoms with Crippen molar-refractivity contribution in [3.05, 3.63) is 23.8 Å². The summed E-state index contributed by atoms with van der Waals surface area (Å²) in [7, 11) is 1.62. The van der Waals surface area contributed by atoms with Crippen molar-refractivity contribution in [1.82, 2.24) is 0 Å². The molecule has 0 bridgehead atoms. The molecule has 1 N–H and O–H groups in total. The normalized spacial score (nSPS) is 51.5. The van der Waals surface area contributed by atoms with Gasteiger partial charge in [-0.05, 0) is 60.3 Å². The third-order valence-electron chi connectivity index (χ3n) is 10.8. The first kappa shape index (κ1) is 22.3. The fourth-order valence-corrected chi connectivity index (χ4v) is 9.06. The van der Waals surface area contributed by atoms with E-state index in [9.17, 15) is 14.7 Å². The molecule has 5 heteroatoms. The Morgan fingerprint density at radius 1 is 1.12 bits per heavy atom. The van der Waals surface area contributed by atoms with Gasteiger partial charge in [-0.2, -0.15) is 0 Å². The molecule has 9 atom stereocenters. The van der Waals surface area contributed by atoms with E-state index in [0.717, 1.165) is 19.3 Å². The van der Waals surface area contributed by atoms with E-state index in [1.807, 2.05) is 0 Å². The number of esters is 1. The molecule has 5 nitrogen and oxygen atoms in total. The molecule has 1 saturated heterocycles. The van der Waals surface area contributed by atoms with Crippen LogP contribution in [0.2, 0.25) is 0 Å². The van der Waals surface area contributed by atoms with E-state index in [1.165, 1.54) is 5.57 Å². The van der Waals surface area contributed by atoms with E-state index < -0.39 is 17.8 Å². The van der Waals surface area contributed by atoms with Gasteiger partial charge in [-0.1, -0.05) is 52.3 Å². The summed E-state index contributed by atoms with van der Waals surface area (Å²) in [6.45, 7) is 11.0. The summed E-state index contributed by atoms with van der Waals surface area (Å²) in [6, 6.07) is 0. The molecule has 0 aromatic heterocycles. The Kier molecular flexibility index (Phi) is 4.74. The van der Waals surface area contributed by atoms with Gasteiger partial charge in [-0.3, -0.25) is 9.59 Å². The predicted octanol–water partition coefficient (Wildman–Crippen LogP) is 4.44. The van der Waals surface area contributed by atoms with Crippen LogP contribution in [0, 0.1) is 45.3 Å². The van der Waals surface area contributed by atoms with Crippen molar-refractivity contribution in [2.24, 2.45) is 45.3 Å². The molecule has 3 fully saturated rings. The summed E-state index contributed by atoms with van der Waals surface area (Å²) in [5, 5.41) is 11.7. The molecular formula is C27H38O5. The molecule has 5 aliphatic rings. The van der Waals surface area contributed by atoms with Crippen LogP contribution in [0.1, 0.15) is 66.7 Å². The number of carbonyl (C=O) groups excluding carboxylic acids is 2. The third-order valence-corrected chi connectivity index (χ3v) is 10.8. The highest BCUT2D eigenvalue weighted by molar-refractivity contribution is 5.95. The molecule has 1 heterocycles. The summed E-state index contributed by atoms with van der Waals surface area (Å²) < 4.78 is 11.0. The first-order valence-electron chi connectivity index (χ1n) is 12.3. The molecule has 32 heavy (non-hydrogen) atoms. The molecule has 0 radical (unpaired) electrons. The van der Waals surface area contributed by atoms with Gasteiger partial charge in [-0.25, -0.2) is 0 Å². The molecule has 1 unspecified atom stereocenters. The number of cyclic esters (lactones) is 1. The number of methoxy groups -OCH3 is 1. The number of fused-ring (bicyclic) bond motifs is 5.